The fourth-order valence-electron chi connectivity index (χ4n) is 2.48. The first-order chi connectivity index (χ1) is 8.81. The van der Waals surface area contributed by atoms with Gasteiger partial charge in [0.1, 0.15) is 0 Å². The average molecular weight is 263 g/mol. The highest BCUT2D eigenvalue weighted by Crippen LogP contribution is 2.33. The Balaban J connectivity index is 3.12. The third-order valence-electron chi connectivity index (χ3n) is 3.70. The lowest BCUT2D eigenvalue weighted by Gasteiger charge is -2.37. The molecule has 0 radical (unpaired) electrons. The summed E-state index contributed by atoms with van der Waals surface area (Å²) in [6.45, 7) is 13.8. The van der Waals surface area contributed by atoms with E-state index in [1.165, 1.54) is 16.7 Å². The molecule has 0 saturated heterocycles. The molecule has 0 fully saturated rings. The van der Waals surface area contributed by atoms with Crippen molar-refractivity contribution < 1.29 is 4.74 Å². The van der Waals surface area contributed by atoms with Gasteiger partial charge in [-0.25, -0.2) is 0 Å². The van der Waals surface area contributed by atoms with E-state index in [0.29, 0.717) is 0 Å². The zero-order chi connectivity index (χ0) is 14.6. The van der Waals surface area contributed by atoms with Gasteiger partial charge in [-0.3, -0.25) is 0 Å². The molecule has 0 aromatic heterocycles. The molecule has 1 aromatic carbocycles. The van der Waals surface area contributed by atoms with Crippen molar-refractivity contribution in [3.8, 4) is 0 Å². The van der Waals surface area contributed by atoms with Crippen LogP contribution < -0.4 is 5.32 Å². The van der Waals surface area contributed by atoms with Gasteiger partial charge in [0.05, 0.1) is 12.1 Å². The molecule has 2 unspecified atom stereocenters. The SMILES string of the molecule is CCOC(C(NC)c1ccc(C)c(C)c1)C(C)(C)C. The Hall–Kier alpha value is -0.860. The first-order valence-corrected chi connectivity index (χ1v) is 7.17. The molecule has 0 amide bonds. The minimum atomic E-state index is 0.0997. The molecule has 0 aliphatic rings. The van der Waals surface area contributed by atoms with Crippen LogP contribution in [0.3, 0.4) is 0 Å². The van der Waals surface area contributed by atoms with Gasteiger partial charge in [-0.05, 0) is 49.9 Å². The lowest BCUT2D eigenvalue weighted by molar-refractivity contribution is -0.0350. The Morgan fingerprint density at radius 2 is 1.79 bits per heavy atom. The van der Waals surface area contributed by atoms with Crippen LogP contribution in [0.4, 0.5) is 0 Å². The van der Waals surface area contributed by atoms with Gasteiger partial charge in [0.2, 0.25) is 0 Å². The second-order valence-corrected chi connectivity index (χ2v) is 6.35. The largest absolute Gasteiger partial charge is 0.376 e. The van der Waals surface area contributed by atoms with Gasteiger partial charge < -0.3 is 10.1 Å². The fraction of sp³-hybridized carbons (Fsp3) is 0.647. The van der Waals surface area contributed by atoms with Crippen LogP contribution in [0.1, 0.15) is 50.4 Å². The predicted molar refractivity (Wildman–Crippen MR) is 82.6 cm³/mol. The molecule has 2 nitrogen and oxygen atoms in total. The van der Waals surface area contributed by atoms with E-state index in [9.17, 15) is 0 Å². The summed E-state index contributed by atoms with van der Waals surface area (Å²) in [4.78, 5) is 0. The molecule has 1 N–H and O–H groups in total. The van der Waals surface area contributed by atoms with Gasteiger partial charge in [0, 0.05) is 6.61 Å². The molecule has 0 bridgehead atoms. The molecule has 108 valence electrons. The van der Waals surface area contributed by atoms with E-state index in [2.05, 4.69) is 65.1 Å². The zero-order valence-corrected chi connectivity index (χ0v) is 13.5. The Morgan fingerprint density at radius 1 is 1.16 bits per heavy atom. The quantitative estimate of drug-likeness (QED) is 0.866. The zero-order valence-electron chi connectivity index (χ0n) is 13.5. The number of ether oxygens (including phenoxy) is 1. The molecule has 0 aliphatic carbocycles. The lowest BCUT2D eigenvalue weighted by atomic mass is 9.81. The van der Waals surface area contributed by atoms with Crippen molar-refractivity contribution in [2.75, 3.05) is 13.7 Å². The van der Waals surface area contributed by atoms with E-state index in [4.69, 9.17) is 4.74 Å². The van der Waals surface area contributed by atoms with Crippen LogP contribution in [-0.2, 0) is 4.74 Å². The molecule has 1 rings (SSSR count). The van der Waals surface area contributed by atoms with Crippen LogP contribution in [-0.4, -0.2) is 19.8 Å². The van der Waals surface area contributed by atoms with Gasteiger partial charge in [0.25, 0.3) is 0 Å². The van der Waals surface area contributed by atoms with Crippen LogP contribution in [0.2, 0.25) is 0 Å². The van der Waals surface area contributed by atoms with Gasteiger partial charge in [-0.15, -0.1) is 0 Å². The minimum Gasteiger partial charge on any atom is -0.376 e. The third kappa shape index (κ3) is 4.05. The Bertz CT molecular complexity index is 406. The topological polar surface area (TPSA) is 21.3 Å². The van der Waals surface area contributed by atoms with Crippen LogP contribution in [0.5, 0.6) is 0 Å². The van der Waals surface area contributed by atoms with E-state index < -0.39 is 0 Å². The van der Waals surface area contributed by atoms with Crippen LogP contribution in [0.15, 0.2) is 18.2 Å². The summed E-state index contributed by atoms with van der Waals surface area (Å²) >= 11 is 0. The van der Waals surface area contributed by atoms with Crippen molar-refractivity contribution in [3.63, 3.8) is 0 Å². The van der Waals surface area contributed by atoms with Gasteiger partial charge in [-0.1, -0.05) is 39.0 Å². The van der Waals surface area contributed by atoms with Crippen molar-refractivity contribution in [3.05, 3.63) is 34.9 Å². The highest BCUT2D eigenvalue weighted by Gasteiger charge is 2.33. The highest BCUT2D eigenvalue weighted by atomic mass is 16.5. The number of benzene rings is 1. The maximum absolute atomic E-state index is 6.02. The van der Waals surface area contributed by atoms with Gasteiger partial charge >= 0.3 is 0 Å². The van der Waals surface area contributed by atoms with Gasteiger partial charge in [-0.2, -0.15) is 0 Å². The number of likely N-dealkylation sites (N-methyl/N-ethyl adjacent to an activating group) is 1. The van der Waals surface area contributed by atoms with E-state index in [0.717, 1.165) is 6.61 Å². The van der Waals surface area contributed by atoms with Crippen LogP contribution >= 0.6 is 0 Å². The molecule has 2 atom stereocenters. The monoisotopic (exact) mass is 263 g/mol. The van der Waals surface area contributed by atoms with E-state index in [-0.39, 0.29) is 17.6 Å². The maximum Gasteiger partial charge on any atom is 0.0817 e. The van der Waals surface area contributed by atoms with E-state index in [1.54, 1.807) is 0 Å². The standard InChI is InChI=1S/C17H29NO/c1-8-19-16(17(4,5)6)15(18-7)14-10-9-12(2)13(3)11-14/h9-11,15-16,18H,8H2,1-7H3. The van der Waals surface area contributed by atoms with E-state index >= 15 is 0 Å². The predicted octanol–water partition coefficient (Wildman–Crippen LogP) is 4.02. The Morgan fingerprint density at radius 3 is 2.21 bits per heavy atom. The number of aryl methyl sites for hydroxylation is 2. The summed E-state index contributed by atoms with van der Waals surface area (Å²) in [7, 11) is 2.01. The lowest BCUT2D eigenvalue weighted by Crippen LogP contribution is -2.41. The molecular weight excluding hydrogens is 234 g/mol. The van der Waals surface area contributed by atoms with Crippen LogP contribution in [0, 0.1) is 19.3 Å². The van der Waals surface area contributed by atoms with Gasteiger partial charge in [0.15, 0.2) is 0 Å². The molecule has 1 aromatic rings. The Labute approximate surface area is 118 Å². The smallest absolute Gasteiger partial charge is 0.0817 e. The number of hydrogen-bond donors (Lipinski definition) is 1. The first kappa shape index (κ1) is 16.2. The maximum atomic E-state index is 6.02. The van der Waals surface area contributed by atoms with Crippen molar-refractivity contribution in [2.45, 2.75) is 53.7 Å². The number of hydrogen-bond acceptors (Lipinski definition) is 2. The summed E-state index contributed by atoms with van der Waals surface area (Å²) in [6, 6.07) is 6.90. The van der Waals surface area contributed by atoms with Crippen LogP contribution in [0.25, 0.3) is 0 Å². The number of nitrogens with one attached hydrogen (secondary N) is 1. The molecule has 0 saturated carbocycles. The molecule has 0 aliphatic heterocycles. The summed E-state index contributed by atoms with van der Waals surface area (Å²) in [5.74, 6) is 0. The summed E-state index contributed by atoms with van der Waals surface area (Å²) in [6.07, 6.45) is 0.157. The summed E-state index contributed by atoms with van der Waals surface area (Å²) in [5.41, 5.74) is 4.07. The van der Waals surface area contributed by atoms with Crippen molar-refractivity contribution in [2.24, 2.45) is 5.41 Å². The fourth-order valence-corrected chi connectivity index (χ4v) is 2.48. The van der Waals surface area contributed by atoms with Crippen molar-refractivity contribution in [1.82, 2.24) is 5.32 Å². The first-order valence-electron chi connectivity index (χ1n) is 7.17. The molecule has 19 heavy (non-hydrogen) atoms. The van der Waals surface area contributed by atoms with Crippen molar-refractivity contribution in [1.29, 1.82) is 0 Å². The van der Waals surface area contributed by atoms with E-state index in [1.807, 2.05) is 7.05 Å². The second kappa shape index (κ2) is 6.53. The number of rotatable bonds is 5. The third-order valence-corrected chi connectivity index (χ3v) is 3.70. The minimum absolute atomic E-state index is 0.0997. The van der Waals surface area contributed by atoms with Crippen molar-refractivity contribution >= 4 is 0 Å². The highest BCUT2D eigenvalue weighted by molar-refractivity contribution is 5.32. The second-order valence-electron chi connectivity index (χ2n) is 6.35. The Kier molecular flexibility index (Phi) is 5.57. The molecular formula is C17H29NO. The molecule has 0 spiro atoms. The average Bonchev–Trinajstić information content (AvgIpc) is 2.32. The summed E-state index contributed by atoms with van der Waals surface area (Å²) < 4.78 is 6.02. The molecule has 0 heterocycles. The summed E-state index contributed by atoms with van der Waals surface area (Å²) in [5, 5.41) is 3.43. The molecule has 2 heteroatoms. The normalized spacial score (nSPS) is 15.3.